The second kappa shape index (κ2) is 8.05. The van der Waals surface area contributed by atoms with Crippen molar-refractivity contribution in [3.8, 4) is 22.5 Å². The molecule has 1 aliphatic heterocycles. The van der Waals surface area contributed by atoms with Gasteiger partial charge in [0, 0.05) is 12.0 Å². The highest BCUT2D eigenvalue weighted by Crippen LogP contribution is 2.49. The number of H-pyrrole nitrogens is 1. The van der Waals surface area contributed by atoms with Crippen molar-refractivity contribution in [2.75, 3.05) is 0 Å². The molecule has 8 heteroatoms. The van der Waals surface area contributed by atoms with Crippen molar-refractivity contribution in [3.05, 3.63) is 76.7 Å². The standard InChI is InChI=1S/C29H29N7O/c1-5-24-31-25-16(2)14-22(26-29(3,4)37-26)30-28(25)36(24)23-13-11-18-15-17(10-12-20(18)23)19-8-6-7-9-21(19)27-32-34-35-33-27/h6-10,12,14-15,23,26H,5,11,13H2,1-4H3,(H,32,33,34,35)/t23-,26?/m0/s1. The first-order valence-electron chi connectivity index (χ1n) is 13.0. The highest BCUT2D eigenvalue weighted by molar-refractivity contribution is 5.81. The van der Waals surface area contributed by atoms with Gasteiger partial charge in [-0.2, -0.15) is 0 Å². The van der Waals surface area contributed by atoms with Gasteiger partial charge in [-0.05, 0) is 77.9 Å². The molecule has 5 aromatic rings. The highest BCUT2D eigenvalue weighted by atomic mass is 16.6. The summed E-state index contributed by atoms with van der Waals surface area (Å²) in [6, 6.07) is 17.4. The number of rotatable bonds is 5. The van der Waals surface area contributed by atoms with Crippen LogP contribution in [0.3, 0.4) is 0 Å². The van der Waals surface area contributed by atoms with Crippen molar-refractivity contribution in [3.63, 3.8) is 0 Å². The normalized spacial score (nSPS) is 19.9. The number of aromatic nitrogens is 7. The Bertz CT molecular complexity index is 1650. The van der Waals surface area contributed by atoms with Gasteiger partial charge in [-0.1, -0.05) is 49.4 Å². The van der Waals surface area contributed by atoms with Crippen LogP contribution in [-0.2, 0) is 17.6 Å². The number of benzene rings is 2. The van der Waals surface area contributed by atoms with Crippen molar-refractivity contribution < 1.29 is 4.74 Å². The van der Waals surface area contributed by atoms with Crippen molar-refractivity contribution in [1.29, 1.82) is 0 Å². The molecule has 1 aliphatic carbocycles. The molecular formula is C29H29N7O. The van der Waals surface area contributed by atoms with Gasteiger partial charge in [-0.15, -0.1) is 5.10 Å². The van der Waals surface area contributed by atoms with Gasteiger partial charge in [0.15, 0.2) is 11.5 Å². The molecule has 8 nitrogen and oxygen atoms in total. The topological polar surface area (TPSA) is 97.7 Å². The van der Waals surface area contributed by atoms with E-state index in [0.29, 0.717) is 5.82 Å². The second-order valence-corrected chi connectivity index (χ2v) is 10.7. The third-order valence-electron chi connectivity index (χ3n) is 7.85. The molecule has 1 unspecified atom stereocenters. The Kier molecular flexibility index (Phi) is 4.85. The predicted molar refractivity (Wildman–Crippen MR) is 141 cm³/mol. The lowest BCUT2D eigenvalue weighted by Crippen LogP contribution is -2.12. The molecule has 7 rings (SSSR count). The van der Waals surface area contributed by atoms with E-state index in [0.717, 1.165) is 58.6 Å². The van der Waals surface area contributed by atoms with E-state index < -0.39 is 0 Å². The molecule has 1 N–H and O–H groups in total. The molecule has 2 aliphatic rings. The number of pyridine rings is 1. The number of epoxide rings is 1. The third kappa shape index (κ3) is 3.50. The number of hydrogen-bond donors (Lipinski definition) is 1. The van der Waals surface area contributed by atoms with Crippen molar-refractivity contribution in [2.45, 2.75) is 64.7 Å². The van der Waals surface area contributed by atoms with Gasteiger partial charge in [0.25, 0.3) is 0 Å². The van der Waals surface area contributed by atoms with Crippen LogP contribution >= 0.6 is 0 Å². The average Bonchev–Trinajstić information content (AvgIpc) is 3.38. The minimum Gasteiger partial charge on any atom is -0.360 e. The molecule has 0 saturated carbocycles. The summed E-state index contributed by atoms with van der Waals surface area (Å²) >= 11 is 0. The molecule has 1 fully saturated rings. The van der Waals surface area contributed by atoms with E-state index in [1.807, 2.05) is 6.07 Å². The van der Waals surface area contributed by atoms with Gasteiger partial charge in [0.05, 0.1) is 17.3 Å². The summed E-state index contributed by atoms with van der Waals surface area (Å²) in [5, 5.41) is 14.6. The SMILES string of the molecule is CCc1nc2c(C)cc(C3OC3(C)C)nc2n1[C@H]1CCc2cc(-c3ccccc3-c3nnn[nH]3)ccc21. The number of aromatic amines is 1. The van der Waals surface area contributed by atoms with Crippen LogP contribution in [-0.4, -0.2) is 40.8 Å². The first kappa shape index (κ1) is 22.3. The molecule has 2 atom stereocenters. The Morgan fingerprint density at radius 1 is 1.08 bits per heavy atom. The zero-order chi connectivity index (χ0) is 25.3. The molecule has 3 aromatic heterocycles. The lowest BCUT2D eigenvalue weighted by Gasteiger charge is -2.18. The summed E-state index contributed by atoms with van der Waals surface area (Å²) in [6.07, 6.45) is 2.95. The number of aryl methyl sites for hydroxylation is 3. The van der Waals surface area contributed by atoms with Crippen LogP contribution in [0.5, 0.6) is 0 Å². The van der Waals surface area contributed by atoms with E-state index in [1.54, 1.807) is 0 Å². The maximum atomic E-state index is 5.93. The highest BCUT2D eigenvalue weighted by Gasteiger charge is 2.50. The van der Waals surface area contributed by atoms with Crippen LogP contribution in [0.15, 0.2) is 48.5 Å². The van der Waals surface area contributed by atoms with Crippen LogP contribution < -0.4 is 0 Å². The lowest BCUT2D eigenvalue weighted by molar-refractivity contribution is 0.324. The van der Waals surface area contributed by atoms with Crippen LogP contribution in [0.4, 0.5) is 0 Å². The molecule has 4 heterocycles. The Morgan fingerprint density at radius 3 is 2.62 bits per heavy atom. The maximum absolute atomic E-state index is 5.93. The summed E-state index contributed by atoms with van der Waals surface area (Å²) < 4.78 is 8.32. The van der Waals surface area contributed by atoms with E-state index in [-0.39, 0.29) is 17.7 Å². The van der Waals surface area contributed by atoms with E-state index in [2.05, 4.69) is 95.4 Å². The Morgan fingerprint density at radius 2 is 1.89 bits per heavy atom. The third-order valence-corrected chi connectivity index (χ3v) is 7.85. The summed E-state index contributed by atoms with van der Waals surface area (Å²) in [7, 11) is 0. The molecule has 0 radical (unpaired) electrons. The summed E-state index contributed by atoms with van der Waals surface area (Å²) in [5.74, 6) is 1.76. The lowest BCUT2D eigenvalue weighted by atomic mass is 9.96. The van der Waals surface area contributed by atoms with Crippen molar-refractivity contribution in [2.24, 2.45) is 0 Å². The first-order chi connectivity index (χ1) is 17.9. The largest absolute Gasteiger partial charge is 0.360 e. The van der Waals surface area contributed by atoms with Crippen molar-refractivity contribution in [1.82, 2.24) is 35.2 Å². The number of imidazole rings is 1. The summed E-state index contributed by atoms with van der Waals surface area (Å²) in [5.41, 5.74) is 9.99. The van der Waals surface area contributed by atoms with Gasteiger partial charge in [-0.3, -0.25) is 0 Å². The van der Waals surface area contributed by atoms with Crippen LogP contribution in [0.25, 0.3) is 33.7 Å². The zero-order valence-electron chi connectivity index (χ0n) is 21.5. The van der Waals surface area contributed by atoms with Gasteiger partial charge < -0.3 is 9.30 Å². The smallest absolute Gasteiger partial charge is 0.180 e. The maximum Gasteiger partial charge on any atom is 0.180 e. The molecule has 37 heavy (non-hydrogen) atoms. The summed E-state index contributed by atoms with van der Waals surface area (Å²) in [4.78, 5) is 10.2. The quantitative estimate of drug-likeness (QED) is 0.325. The fraction of sp³-hybridized carbons (Fsp3) is 0.345. The Labute approximate surface area is 215 Å². The van der Waals surface area contributed by atoms with Gasteiger partial charge in [0.2, 0.25) is 0 Å². The summed E-state index contributed by atoms with van der Waals surface area (Å²) in [6.45, 7) is 8.55. The van der Waals surface area contributed by atoms with E-state index >= 15 is 0 Å². The van der Waals surface area contributed by atoms with Crippen molar-refractivity contribution >= 4 is 11.2 Å². The Balaban J connectivity index is 1.32. The molecule has 0 spiro atoms. The number of nitrogens with zero attached hydrogens (tertiary/aromatic N) is 6. The molecule has 0 amide bonds. The fourth-order valence-corrected chi connectivity index (χ4v) is 5.93. The van der Waals surface area contributed by atoms with E-state index in [1.165, 1.54) is 16.7 Å². The van der Waals surface area contributed by atoms with Gasteiger partial charge >= 0.3 is 0 Å². The number of fused-ring (bicyclic) bond motifs is 2. The molecule has 0 bridgehead atoms. The Hall–Kier alpha value is -3.91. The number of ether oxygens (including phenoxy) is 1. The number of tetrazole rings is 1. The van der Waals surface area contributed by atoms with E-state index in [9.17, 15) is 0 Å². The first-order valence-corrected chi connectivity index (χ1v) is 13.0. The molecule has 2 aromatic carbocycles. The van der Waals surface area contributed by atoms with Gasteiger partial charge in [-0.25, -0.2) is 15.1 Å². The fourth-order valence-electron chi connectivity index (χ4n) is 5.93. The number of hydrogen-bond acceptors (Lipinski definition) is 6. The molecule has 186 valence electrons. The molecule has 1 saturated heterocycles. The number of nitrogens with one attached hydrogen (secondary N) is 1. The average molecular weight is 492 g/mol. The zero-order valence-corrected chi connectivity index (χ0v) is 21.5. The van der Waals surface area contributed by atoms with Crippen LogP contribution in [0, 0.1) is 6.92 Å². The van der Waals surface area contributed by atoms with E-state index in [4.69, 9.17) is 14.7 Å². The molecular weight excluding hydrogens is 462 g/mol. The van der Waals surface area contributed by atoms with Crippen LogP contribution in [0.2, 0.25) is 0 Å². The predicted octanol–water partition coefficient (Wildman–Crippen LogP) is 5.53. The van der Waals surface area contributed by atoms with Crippen LogP contribution in [0.1, 0.15) is 67.5 Å². The second-order valence-electron chi connectivity index (χ2n) is 10.7. The minimum atomic E-state index is -0.153. The minimum absolute atomic E-state index is 0.0436. The van der Waals surface area contributed by atoms with Gasteiger partial charge in [0.1, 0.15) is 17.4 Å². The monoisotopic (exact) mass is 491 g/mol.